The third kappa shape index (κ3) is 3.00. The van der Waals surface area contributed by atoms with Crippen LogP contribution < -0.4 is 10.5 Å². The zero-order valence-corrected chi connectivity index (χ0v) is 11.3. The van der Waals surface area contributed by atoms with Crippen molar-refractivity contribution >= 4 is 15.7 Å². The summed E-state index contributed by atoms with van der Waals surface area (Å²) in [5.74, 6) is 0.377. The monoisotopic (exact) mass is 269 g/mol. The van der Waals surface area contributed by atoms with Crippen molar-refractivity contribution in [3.8, 4) is 0 Å². The van der Waals surface area contributed by atoms with Gasteiger partial charge in [-0.2, -0.15) is 0 Å². The smallest absolute Gasteiger partial charge is 0.242 e. The Balaban J connectivity index is 2.16. The fourth-order valence-electron chi connectivity index (χ4n) is 2.34. The molecule has 1 fully saturated rings. The summed E-state index contributed by atoms with van der Waals surface area (Å²) < 4.78 is 27.1. The van der Waals surface area contributed by atoms with E-state index in [0.717, 1.165) is 19.3 Å². The topological polar surface area (TPSA) is 85.1 Å². The summed E-state index contributed by atoms with van der Waals surface area (Å²) >= 11 is 0. The van der Waals surface area contributed by atoms with Crippen molar-refractivity contribution in [1.82, 2.24) is 9.71 Å². The Bertz CT molecular complexity index is 516. The molecule has 6 heteroatoms. The minimum atomic E-state index is -3.51. The Hall–Kier alpha value is -1.14. The highest BCUT2D eigenvalue weighted by atomic mass is 32.2. The molecule has 1 heterocycles. The molecule has 100 valence electrons. The van der Waals surface area contributed by atoms with Crippen molar-refractivity contribution in [2.75, 3.05) is 5.73 Å². The fraction of sp³-hybridized carbons (Fsp3) is 0.583. The van der Waals surface area contributed by atoms with Crippen LogP contribution in [0.4, 0.5) is 5.69 Å². The maximum atomic E-state index is 12.2. The quantitative estimate of drug-likeness (QED) is 0.871. The van der Waals surface area contributed by atoms with Gasteiger partial charge >= 0.3 is 0 Å². The van der Waals surface area contributed by atoms with Gasteiger partial charge in [-0.25, -0.2) is 13.1 Å². The molecule has 2 atom stereocenters. The van der Waals surface area contributed by atoms with Crippen LogP contribution in [0.5, 0.6) is 0 Å². The number of nitrogen functional groups attached to an aromatic ring is 1. The van der Waals surface area contributed by atoms with Crippen LogP contribution in [0.25, 0.3) is 0 Å². The lowest BCUT2D eigenvalue weighted by atomic mass is 9.87. The van der Waals surface area contributed by atoms with Crippen LogP contribution in [0.1, 0.15) is 32.6 Å². The van der Waals surface area contributed by atoms with Crippen LogP contribution in [0.3, 0.4) is 0 Å². The van der Waals surface area contributed by atoms with Gasteiger partial charge in [0.25, 0.3) is 0 Å². The summed E-state index contributed by atoms with van der Waals surface area (Å²) in [5, 5.41) is 0. The molecule has 18 heavy (non-hydrogen) atoms. The van der Waals surface area contributed by atoms with Crippen LogP contribution in [0.2, 0.25) is 0 Å². The third-order valence-corrected chi connectivity index (χ3v) is 4.92. The zero-order chi connectivity index (χ0) is 13.2. The number of anilines is 1. The lowest BCUT2D eigenvalue weighted by molar-refractivity contribution is 0.310. The number of rotatable bonds is 3. The molecule has 2 rings (SSSR count). The summed E-state index contributed by atoms with van der Waals surface area (Å²) in [4.78, 5) is 3.96. The Morgan fingerprint density at radius 2 is 2.06 bits per heavy atom. The minimum Gasteiger partial charge on any atom is -0.397 e. The molecule has 1 aromatic rings. The standard InChI is InChI=1S/C12H19N3O2S/c1-9-4-2-3-5-12(9)15-18(16,17)11-6-10(13)7-14-8-11/h6-9,12,15H,2-5,13H2,1H3. The predicted octanol–water partition coefficient (Wildman–Crippen LogP) is 1.52. The lowest BCUT2D eigenvalue weighted by Crippen LogP contribution is -2.41. The van der Waals surface area contributed by atoms with Gasteiger partial charge in [-0.15, -0.1) is 0 Å². The largest absolute Gasteiger partial charge is 0.397 e. The summed E-state index contributed by atoms with van der Waals surface area (Å²) in [6, 6.07) is 1.45. The third-order valence-electron chi connectivity index (χ3n) is 3.46. The average molecular weight is 269 g/mol. The van der Waals surface area contributed by atoms with E-state index >= 15 is 0 Å². The first-order valence-electron chi connectivity index (χ1n) is 6.22. The first-order valence-corrected chi connectivity index (χ1v) is 7.70. The number of nitrogens with two attached hydrogens (primary N) is 1. The van der Waals surface area contributed by atoms with Gasteiger partial charge in [-0.1, -0.05) is 19.8 Å². The van der Waals surface area contributed by atoms with Gasteiger partial charge < -0.3 is 5.73 Å². The molecule has 1 aliphatic rings. The number of nitrogens with one attached hydrogen (secondary N) is 1. The Morgan fingerprint density at radius 1 is 1.33 bits per heavy atom. The van der Waals surface area contributed by atoms with E-state index in [1.54, 1.807) is 0 Å². The predicted molar refractivity (Wildman–Crippen MR) is 70.4 cm³/mol. The van der Waals surface area contributed by atoms with Crippen LogP contribution in [-0.2, 0) is 10.0 Å². The van der Waals surface area contributed by atoms with Crippen LogP contribution >= 0.6 is 0 Å². The van der Waals surface area contributed by atoms with E-state index in [0.29, 0.717) is 11.6 Å². The Kier molecular flexibility index (Phi) is 3.87. The van der Waals surface area contributed by atoms with Crippen molar-refractivity contribution in [2.45, 2.75) is 43.5 Å². The molecule has 5 nitrogen and oxygen atoms in total. The summed E-state index contributed by atoms with van der Waals surface area (Å²) in [5.41, 5.74) is 5.92. The van der Waals surface area contributed by atoms with Crippen LogP contribution in [0.15, 0.2) is 23.4 Å². The van der Waals surface area contributed by atoms with Crippen molar-refractivity contribution in [1.29, 1.82) is 0 Å². The maximum absolute atomic E-state index is 12.2. The number of hydrogen-bond acceptors (Lipinski definition) is 4. The average Bonchev–Trinajstić information content (AvgIpc) is 2.32. The molecule has 0 aromatic carbocycles. The lowest BCUT2D eigenvalue weighted by Gasteiger charge is -2.29. The van der Waals surface area contributed by atoms with Crippen molar-refractivity contribution in [3.05, 3.63) is 18.5 Å². The molecular formula is C12H19N3O2S. The van der Waals surface area contributed by atoms with Crippen LogP contribution in [-0.4, -0.2) is 19.4 Å². The van der Waals surface area contributed by atoms with Crippen molar-refractivity contribution in [2.24, 2.45) is 5.92 Å². The second-order valence-electron chi connectivity index (χ2n) is 4.94. The first kappa shape index (κ1) is 13.3. The van der Waals surface area contributed by atoms with Gasteiger partial charge in [0.1, 0.15) is 4.90 Å². The number of aromatic nitrogens is 1. The fourth-order valence-corrected chi connectivity index (χ4v) is 3.72. The number of nitrogens with zero attached hydrogens (tertiary/aromatic N) is 1. The summed E-state index contributed by atoms with van der Waals surface area (Å²) in [6.45, 7) is 2.09. The van der Waals surface area contributed by atoms with E-state index < -0.39 is 10.0 Å². The highest BCUT2D eigenvalue weighted by Crippen LogP contribution is 2.25. The highest BCUT2D eigenvalue weighted by molar-refractivity contribution is 7.89. The minimum absolute atomic E-state index is 0.0187. The molecule has 0 saturated heterocycles. The zero-order valence-electron chi connectivity index (χ0n) is 10.5. The second-order valence-corrected chi connectivity index (χ2v) is 6.66. The van der Waals surface area contributed by atoms with E-state index in [1.165, 1.54) is 24.9 Å². The molecule has 0 spiro atoms. The van der Waals surface area contributed by atoms with Gasteiger partial charge in [-0.05, 0) is 24.8 Å². The molecule has 0 radical (unpaired) electrons. The second kappa shape index (κ2) is 5.24. The van der Waals surface area contributed by atoms with Crippen molar-refractivity contribution < 1.29 is 8.42 Å². The molecule has 3 N–H and O–H groups in total. The number of hydrogen-bond donors (Lipinski definition) is 2. The molecule has 2 unspecified atom stereocenters. The normalized spacial score (nSPS) is 24.9. The van der Waals surface area contributed by atoms with E-state index in [9.17, 15) is 8.42 Å². The molecule has 1 saturated carbocycles. The highest BCUT2D eigenvalue weighted by Gasteiger charge is 2.26. The van der Waals surface area contributed by atoms with Gasteiger partial charge in [0, 0.05) is 18.4 Å². The Labute approximate surface area is 108 Å². The van der Waals surface area contributed by atoms with E-state index in [1.807, 2.05) is 0 Å². The van der Waals surface area contributed by atoms with Gasteiger partial charge in [-0.3, -0.25) is 4.98 Å². The molecule has 1 aliphatic carbocycles. The van der Waals surface area contributed by atoms with Gasteiger partial charge in [0.2, 0.25) is 10.0 Å². The Morgan fingerprint density at radius 3 is 2.72 bits per heavy atom. The molecule has 0 amide bonds. The summed E-state index contributed by atoms with van der Waals surface area (Å²) in [7, 11) is -3.51. The van der Waals surface area contributed by atoms with Gasteiger partial charge in [0.15, 0.2) is 0 Å². The molecule has 0 aliphatic heterocycles. The van der Waals surface area contributed by atoms with E-state index in [2.05, 4.69) is 16.6 Å². The van der Waals surface area contributed by atoms with Crippen molar-refractivity contribution in [3.63, 3.8) is 0 Å². The molecule has 1 aromatic heterocycles. The van der Waals surface area contributed by atoms with Gasteiger partial charge in [0.05, 0.1) is 5.69 Å². The molecular weight excluding hydrogens is 250 g/mol. The first-order chi connectivity index (χ1) is 8.49. The molecule has 0 bridgehead atoms. The van der Waals surface area contributed by atoms with E-state index in [4.69, 9.17) is 5.73 Å². The summed E-state index contributed by atoms with van der Waals surface area (Å²) in [6.07, 6.45) is 6.99. The van der Waals surface area contributed by atoms with Crippen LogP contribution in [0, 0.1) is 5.92 Å². The maximum Gasteiger partial charge on any atom is 0.242 e. The number of pyridine rings is 1. The van der Waals surface area contributed by atoms with E-state index in [-0.39, 0.29) is 10.9 Å². The number of sulfonamides is 1. The SMILES string of the molecule is CC1CCCCC1NS(=O)(=O)c1cncc(N)c1.